The molecule has 0 fully saturated rings. The molecule has 8 nitrogen and oxygen atoms in total. The number of carbonyl (C=O) groups excluding carboxylic acids is 1. The molecule has 0 rings (SSSR count). The van der Waals surface area contributed by atoms with Crippen molar-refractivity contribution in [2.45, 2.75) is 264 Å². The first-order valence-electron chi connectivity index (χ1n) is 29.5. The lowest BCUT2D eigenvalue weighted by Gasteiger charge is -2.26. The van der Waals surface area contributed by atoms with E-state index in [1.54, 1.807) is 0 Å². The second kappa shape index (κ2) is 52.5. The van der Waals surface area contributed by atoms with E-state index in [2.05, 4.69) is 104 Å². The Balaban J connectivity index is 4.25. The third kappa shape index (κ3) is 55.3. The van der Waals surface area contributed by atoms with Crippen LogP contribution in [0.4, 0.5) is 0 Å². The van der Waals surface area contributed by atoms with Gasteiger partial charge in [0.05, 0.1) is 39.9 Å². The highest BCUT2D eigenvalue weighted by molar-refractivity contribution is 7.47. The summed E-state index contributed by atoms with van der Waals surface area (Å²) in [6.07, 6.45) is 73.5. The third-order valence-corrected chi connectivity index (χ3v) is 13.9. The summed E-state index contributed by atoms with van der Waals surface area (Å²) in [4.78, 5) is 23.4. The Morgan fingerprint density at radius 1 is 0.493 bits per heavy atom. The number of carbonyl (C=O) groups is 1. The highest BCUT2D eigenvalue weighted by atomic mass is 31.2. The fourth-order valence-electron chi connectivity index (χ4n) is 8.32. The number of phosphoric ester groups is 1. The molecule has 0 aromatic rings. The number of likely N-dealkylation sites (N-methyl/N-ethyl adjacent to an activating group) is 1. The number of allylic oxidation sites excluding steroid dienone is 14. The topological polar surface area (TPSA) is 105 Å². The summed E-state index contributed by atoms with van der Waals surface area (Å²) in [7, 11) is 1.59. The summed E-state index contributed by atoms with van der Waals surface area (Å²) < 4.78 is 23.8. The van der Waals surface area contributed by atoms with Gasteiger partial charge in [0.25, 0.3) is 0 Å². The van der Waals surface area contributed by atoms with Gasteiger partial charge in [0.15, 0.2) is 0 Å². The Morgan fingerprint density at radius 3 is 1.24 bits per heavy atom. The Hall–Kier alpha value is -2.32. The van der Waals surface area contributed by atoms with Gasteiger partial charge >= 0.3 is 7.82 Å². The smallest absolute Gasteiger partial charge is 0.391 e. The number of hydrogen-bond acceptors (Lipinski definition) is 5. The number of unbranched alkanes of at least 4 members (excludes halogenated alkanes) is 26. The standard InChI is InChI=1S/C62H113N2O6P/c1-6-8-10-12-14-16-18-20-22-24-26-28-30-31-32-33-34-36-38-40-42-44-46-48-50-52-54-56-62(66)63-60(59-70-71(67,68)69-58-57-64(3,4)5)61(65)55-53-51-49-47-45-43-41-39-37-35-29-27-25-23-21-19-17-15-13-11-9-7-2/h8,10,14,16,20,22,26,28,31-32,34,36,40,42,60-61,65H,6-7,9,11-13,15,17-19,21,23-25,27,29-30,33,35,37-39,41,43-59H2,1-5H3,(H-,63,66,67,68)/p+1/b10-8-,16-14-,22-20-,28-26-,32-31-,36-34-,42-40-. The molecule has 0 heterocycles. The summed E-state index contributed by atoms with van der Waals surface area (Å²) in [5.74, 6) is -0.164. The SMILES string of the molecule is CC/C=C\C/C=C\C/C=C\C/C=C\C/C=C\C/C=C\C/C=C\CCCCCCCC(=O)NC(COP(=O)(O)OCC[N+](C)(C)C)C(O)CCCCCCCCCCCCCCCCCCCCCCCC. The van der Waals surface area contributed by atoms with Crippen molar-refractivity contribution in [3.8, 4) is 0 Å². The van der Waals surface area contributed by atoms with Gasteiger partial charge in [0.1, 0.15) is 13.2 Å². The Kier molecular flexibility index (Phi) is 50.8. The van der Waals surface area contributed by atoms with Crippen molar-refractivity contribution in [2.24, 2.45) is 0 Å². The van der Waals surface area contributed by atoms with Crippen LogP contribution in [-0.4, -0.2) is 73.4 Å². The first-order chi connectivity index (χ1) is 34.5. The summed E-state index contributed by atoms with van der Waals surface area (Å²) >= 11 is 0. The van der Waals surface area contributed by atoms with Gasteiger partial charge in [0.2, 0.25) is 5.91 Å². The van der Waals surface area contributed by atoms with E-state index in [4.69, 9.17) is 9.05 Å². The lowest BCUT2D eigenvalue weighted by Crippen LogP contribution is -2.46. The Morgan fingerprint density at radius 2 is 0.845 bits per heavy atom. The number of rotatable bonds is 53. The number of phosphoric acid groups is 1. The number of amides is 1. The van der Waals surface area contributed by atoms with E-state index in [1.807, 2.05) is 21.1 Å². The van der Waals surface area contributed by atoms with Crippen molar-refractivity contribution < 1.29 is 32.9 Å². The zero-order chi connectivity index (χ0) is 52.0. The van der Waals surface area contributed by atoms with Crippen LogP contribution in [0.3, 0.4) is 0 Å². The molecular formula is C62H114N2O6P+. The minimum absolute atomic E-state index is 0.0664. The van der Waals surface area contributed by atoms with Crippen molar-refractivity contribution >= 4 is 13.7 Å². The predicted molar refractivity (Wildman–Crippen MR) is 309 cm³/mol. The predicted octanol–water partition coefficient (Wildman–Crippen LogP) is 18.0. The molecule has 3 unspecified atom stereocenters. The minimum atomic E-state index is -4.34. The summed E-state index contributed by atoms with van der Waals surface area (Å²) in [6.45, 7) is 4.77. The molecule has 0 aromatic heterocycles. The van der Waals surface area contributed by atoms with Gasteiger partial charge in [0, 0.05) is 6.42 Å². The maximum atomic E-state index is 13.0. The second-order valence-electron chi connectivity index (χ2n) is 21.0. The van der Waals surface area contributed by atoms with Crippen molar-refractivity contribution in [1.29, 1.82) is 0 Å². The number of aliphatic hydroxyl groups is 1. The van der Waals surface area contributed by atoms with Crippen LogP contribution in [0.25, 0.3) is 0 Å². The van der Waals surface area contributed by atoms with Gasteiger partial charge in [-0.25, -0.2) is 4.57 Å². The zero-order valence-corrected chi connectivity index (χ0v) is 47.8. The van der Waals surface area contributed by atoms with Crippen LogP contribution in [0, 0.1) is 0 Å². The molecule has 0 saturated heterocycles. The minimum Gasteiger partial charge on any atom is -0.391 e. The number of aliphatic hydroxyl groups excluding tert-OH is 1. The van der Waals surface area contributed by atoms with Crippen LogP contribution in [0.1, 0.15) is 251 Å². The van der Waals surface area contributed by atoms with E-state index in [0.717, 1.165) is 103 Å². The largest absolute Gasteiger partial charge is 0.472 e. The lowest BCUT2D eigenvalue weighted by molar-refractivity contribution is -0.870. The normalized spacial score (nSPS) is 14.5. The number of nitrogens with one attached hydrogen (secondary N) is 1. The van der Waals surface area contributed by atoms with Crippen molar-refractivity contribution in [3.63, 3.8) is 0 Å². The van der Waals surface area contributed by atoms with Crippen LogP contribution in [0.2, 0.25) is 0 Å². The molecule has 3 N–H and O–H groups in total. The maximum absolute atomic E-state index is 13.0. The highest BCUT2D eigenvalue weighted by Gasteiger charge is 2.28. The van der Waals surface area contributed by atoms with Crippen LogP contribution >= 0.6 is 7.82 Å². The molecule has 0 aliphatic heterocycles. The molecule has 0 spiro atoms. The van der Waals surface area contributed by atoms with E-state index >= 15 is 0 Å². The zero-order valence-electron chi connectivity index (χ0n) is 46.9. The van der Waals surface area contributed by atoms with Crippen LogP contribution in [-0.2, 0) is 18.4 Å². The molecule has 0 saturated carbocycles. The van der Waals surface area contributed by atoms with Crippen LogP contribution < -0.4 is 5.32 Å². The van der Waals surface area contributed by atoms with E-state index in [9.17, 15) is 19.4 Å². The van der Waals surface area contributed by atoms with E-state index in [1.165, 1.54) is 122 Å². The van der Waals surface area contributed by atoms with Gasteiger partial charge < -0.3 is 19.8 Å². The molecule has 412 valence electrons. The summed E-state index contributed by atoms with van der Waals surface area (Å²) in [5, 5.41) is 14.1. The first-order valence-corrected chi connectivity index (χ1v) is 30.9. The third-order valence-electron chi connectivity index (χ3n) is 12.9. The molecule has 3 atom stereocenters. The Bertz CT molecular complexity index is 1430. The fraction of sp³-hybridized carbons (Fsp3) is 0.758. The van der Waals surface area contributed by atoms with Gasteiger partial charge in [-0.05, 0) is 70.6 Å². The molecule has 0 aromatic carbocycles. The van der Waals surface area contributed by atoms with E-state index < -0.39 is 20.0 Å². The molecule has 1 amide bonds. The maximum Gasteiger partial charge on any atom is 0.472 e. The molecule has 71 heavy (non-hydrogen) atoms. The number of quaternary nitrogens is 1. The van der Waals surface area contributed by atoms with E-state index in [-0.39, 0.29) is 19.1 Å². The second-order valence-corrected chi connectivity index (χ2v) is 22.4. The van der Waals surface area contributed by atoms with E-state index in [0.29, 0.717) is 23.9 Å². The van der Waals surface area contributed by atoms with Crippen molar-refractivity contribution in [3.05, 3.63) is 85.1 Å². The summed E-state index contributed by atoms with van der Waals surface area (Å²) in [6, 6.07) is -0.778. The molecule has 0 aliphatic carbocycles. The number of hydrogen-bond donors (Lipinski definition) is 3. The molecule has 0 radical (unpaired) electrons. The quantitative estimate of drug-likeness (QED) is 0.0243. The number of nitrogens with zero attached hydrogens (tertiary/aromatic N) is 1. The van der Waals surface area contributed by atoms with Gasteiger partial charge in [-0.1, -0.05) is 259 Å². The van der Waals surface area contributed by atoms with Gasteiger partial charge in [-0.3, -0.25) is 13.8 Å². The van der Waals surface area contributed by atoms with Crippen molar-refractivity contribution in [1.82, 2.24) is 5.32 Å². The van der Waals surface area contributed by atoms with Crippen molar-refractivity contribution in [2.75, 3.05) is 40.9 Å². The average molecular weight is 1010 g/mol. The average Bonchev–Trinajstić information content (AvgIpc) is 3.33. The molecule has 9 heteroatoms. The Labute approximate surface area is 439 Å². The molecular weight excluding hydrogens is 900 g/mol. The fourth-order valence-corrected chi connectivity index (χ4v) is 9.06. The monoisotopic (exact) mass is 1010 g/mol. The highest BCUT2D eigenvalue weighted by Crippen LogP contribution is 2.43. The van der Waals surface area contributed by atoms with Gasteiger partial charge in [-0.2, -0.15) is 0 Å². The first kappa shape index (κ1) is 68.7. The van der Waals surface area contributed by atoms with Crippen LogP contribution in [0.15, 0.2) is 85.1 Å². The lowest BCUT2D eigenvalue weighted by atomic mass is 10.0. The summed E-state index contributed by atoms with van der Waals surface area (Å²) in [5.41, 5.74) is 0. The van der Waals surface area contributed by atoms with Crippen LogP contribution in [0.5, 0.6) is 0 Å². The van der Waals surface area contributed by atoms with Gasteiger partial charge in [-0.15, -0.1) is 0 Å². The molecule has 0 aliphatic rings. The molecule has 0 bridgehead atoms.